The summed E-state index contributed by atoms with van der Waals surface area (Å²) >= 11 is 0. The number of benzene rings is 3. The lowest BCUT2D eigenvalue weighted by molar-refractivity contribution is -0.0831. The van der Waals surface area contributed by atoms with Crippen LogP contribution >= 0.6 is 0 Å². The van der Waals surface area contributed by atoms with Gasteiger partial charge in [0.2, 0.25) is 10.0 Å². The lowest BCUT2D eigenvalue weighted by Gasteiger charge is -2.34. The van der Waals surface area contributed by atoms with Gasteiger partial charge >= 0.3 is 0 Å². The molecule has 0 radical (unpaired) electrons. The summed E-state index contributed by atoms with van der Waals surface area (Å²) in [6.07, 6.45) is 0.739. The molecule has 0 saturated carbocycles. The third-order valence-electron chi connectivity index (χ3n) is 5.45. The van der Waals surface area contributed by atoms with Gasteiger partial charge in [-0.15, -0.1) is 0 Å². The Kier molecular flexibility index (Phi) is 5.19. The highest BCUT2D eigenvalue weighted by molar-refractivity contribution is 7.89. The van der Waals surface area contributed by atoms with E-state index in [4.69, 9.17) is 5.14 Å². The van der Waals surface area contributed by atoms with Gasteiger partial charge in [0.05, 0.1) is 4.90 Å². The molecule has 1 heterocycles. The standard InChI is InChI=1S/C23H22N2O4S/c24-30(28,29)19-12-10-17(11-13-19)14-15-25-22(26)20-8-4-5-9-21(20)23(25,27)16-18-6-2-1-3-7-18/h1-13,27H,14-16H2,(H2,24,28,29)/t23-/m1/s1. The number of nitrogens with zero attached hydrogens (tertiary/aromatic N) is 1. The van der Waals surface area contributed by atoms with Gasteiger partial charge in [0.1, 0.15) is 0 Å². The van der Waals surface area contributed by atoms with Crippen molar-refractivity contribution < 1.29 is 18.3 Å². The summed E-state index contributed by atoms with van der Waals surface area (Å²) in [5.74, 6) is -0.217. The molecule has 0 aliphatic carbocycles. The van der Waals surface area contributed by atoms with E-state index < -0.39 is 15.7 Å². The molecule has 3 N–H and O–H groups in total. The summed E-state index contributed by atoms with van der Waals surface area (Å²) in [6.45, 7) is 0.283. The van der Waals surface area contributed by atoms with Crippen LogP contribution < -0.4 is 5.14 Å². The quantitative estimate of drug-likeness (QED) is 0.637. The number of hydrogen-bond donors (Lipinski definition) is 2. The Morgan fingerprint density at radius 1 is 0.867 bits per heavy atom. The summed E-state index contributed by atoms with van der Waals surface area (Å²) in [6, 6.07) is 22.9. The van der Waals surface area contributed by atoms with E-state index in [2.05, 4.69) is 0 Å². The normalized spacial score (nSPS) is 18.5. The number of sulfonamides is 1. The zero-order valence-corrected chi connectivity index (χ0v) is 17.0. The molecule has 154 valence electrons. The van der Waals surface area contributed by atoms with Crippen LogP contribution in [0.3, 0.4) is 0 Å². The fourth-order valence-electron chi connectivity index (χ4n) is 3.92. The van der Waals surface area contributed by atoms with Gasteiger partial charge in [-0.2, -0.15) is 0 Å². The zero-order valence-electron chi connectivity index (χ0n) is 16.2. The Bertz CT molecular complexity index is 1180. The van der Waals surface area contributed by atoms with Crippen molar-refractivity contribution in [2.24, 2.45) is 5.14 Å². The van der Waals surface area contributed by atoms with E-state index in [0.717, 1.165) is 11.1 Å². The summed E-state index contributed by atoms with van der Waals surface area (Å²) < 4.78 is 22.9. The van der Waals surface area contributed by atoms with Crippen LogP contribution in [0.25, 0.3) is 0 Å². The summed E-state index contributed by atoms with van der Waals surface area (Å²) in [5, 5.41) is 16.8. The first-order valence-electron chi connectivity index (χ1n) is 9.58. The molecule has 0 spiro atoms. The van der Waals surface area contributed by atoms with Crippen molar-refractivity contribution in [3.63, 3.8) is 0 Å². The number of aliphatic hydroxyl groups is 1. The number of hydrogen-bond acceptors (Lipinski definition) is 4. The predicted octanol–water partition coefficient (Wildman–Crippen LogP) is 2.42. The second-order valence-corrected chi connectivity index (χ2v) is 8.98. The van der Waals surface area contributed by atoms with E-state index in [1.165, 1.54) is 17.0 Å². The Balaban J connectivity index is 1.61. The average molecular weight is 423 g/mol. The van der Waals surface area contributed by atoms with Gasteiger partial charge < -0.3 is 10.0 Å². The lowest BCUT2D eigenvalue weighted by atomic mass is 9.94. The molecule has 3 aromatic carbocycles. The monoisotopic (exact) mass is 422 g/mol. The molecule has 0 fully saturated rings. The highest BCUT2D eigenvalue weighted by atomic mass is 32.2. The summed E-state index contributed by atoms with van der Waals surface area (Å²) in [5.41, 5.74) is 1.42. The fraction of sp³-hybridized carbons (Fsp3) is 0.174. The molecule has 1 atom stereocenters. The van der Waals surface area contributed by atoms with Crippen LogP contribution in [0, 0.1) is 0 Å². The Morgan fingerprint density at radius 2 is 1.50 bits per heavy atom. The van der Waals surface area contributed by atoms with E-state index in [-0.39, 0.29) is 23.8 Å². The topological polar surface area (TPSA) is 101 Å². The van der Waals surface area contributed by atoms with E-state index in [0.29, 0.717) is 17.5 Å². The van der Waals surface area contributed by atoms with Gasteiger partial charge in [-0.25, -0.2) is 13.6 Å². The Labute approximate surface area is 175 Å². The molecule has 7 heteroatoms. The molecule has 0 unspecified atom stereocenters. The van der Waals surface area contributed by atoms with Crippen molar-refractivity contribution in [1.82, 2.24) is 4.90 Å². The molecule has 4 rings (SSSR count). The largest absolute Gasteiger partial charge is 0.366 e. The third-order valence-corrected chi connectivity index (χ3v) is 6.38. The third kappa shape index (κ3) is 3.75. The number of fused-ring (bicyclic) bond motifs is 1. The molecule has 1 amide bonds. The molecular formula is C23H22N2O4S. The highest BCUT2D eigenvalue weighted by Crippen LogP contribution is 2.39. The molecule has 6 nitrogen and oxygen atoms in total. The van der Waals surface area contributed by atoms with Crippen LogP contribution in [-0.4, -0.2) is 30.9 Å². The molecule has 0 bridgehead atoms. The number of carbonyl (C=O) groups excluding carboxylic acids is 1. The van der Waals surface area contributed by atoms with Crippen LogP contribution in [-0.2, 0) is 28.6 Å². The van der Waals surface area contributed by atoms with Gasteiger partial charge in [0, 0.05) is 24.1 Å². The smallest absolute Gasteiger partial charge is 0.256 e. The first kappa shape index (κ1) is 20.3. The minimum Gasteiger partial charge on any atom is -0.366 e. The van der Waals surface area contributed by atoms with Crippen molar-refractivity contribution in [3.05, 3.63) is 101 Å². The van der Waals surface area contributed by atoms with Crippen LogP contribution in [0.4, 0.5) is 0 Å². The summed E-state index contributed by atoms with van der Waals surface area (Å²) in [4.78, 5) is 14.6. The zero-order chi connectivity index (χ0) is 21.4. The SMILES string of the molecule is NS(=O)(=O)c1ccc(CCN2C(=O)c3ccccc3[C@]2(O)Cc2ccccc2)cc1. The molecule has 3 aromatic rings. The highest BCUT2D eigenvalue weighted by Gasteiger charge is 2.47. The number of rotatable bonds is 6. The first-order valence-corrected chi connectivity index (χ1v) is 11.1. The number of carbonyl (C=O) groups is 1. The average Bonchev–Trinajstić information content (AvgIpc) is 2.94. The molecular weight excluding hydrogens is 400 g/mol. The molecule has 30 heavy (non-hydrogen) atoms. The second kappa shape index (κ2) is 7.68. The van der Waals surface area contributed by atoms with Crippen LogP contribution in [0.1, 0.15) is 27.0 Å². The van der Waals surface area contributed by atoms with Gasteiger partial charge in [-0.05, 0) is 35.7 Å². The minimum absolute atomic E-state index is 0.0384. The fourth-order valence-corrected chi connectivity index (χ4v) is 4.44. The number of nitrogens with two attached hydrogens (primary N) is 1. The number of primary sulfonamides is 1. The van der Waals surface area contributed by atoms with Gasteiger partial charge in [-0.1, -0.05) is 60.7 Å². The van der Waals surface area contributed by atoms with Gasteiger partial charge in [-0.3, -0.25) is 4.79 Å². The molecule has 1 aliphatic heterocycles. The van der Waals surface area contributed by atoms with Crippen molar-refractivity contribution in [2.45, 2.75) is 23.5 Å². The lowest BCUT2D eigenvalue weighted by Crippen LogP contribution is -2.46. The number of amides is 1. The maximum absolute atomic E-state index is 13.1. The van der Waals surface area contributed by atoms with Gasteiger partial charge in [0.15, 0.2) is 5.72 Å². The van der Waals surface area contributed by atoms with E-state index in [9.17, 15) is 18.3 Å². The maximum atomic E-state index is 13.1. The maximum Gasteiger partial charge on any atom is 0.256 e. The van der Waals surface area contributed by atoms with Crippen molar-refractivity contribution >= 4 is 15.9 Å². The van der Waals surface area contributed by atoms with Crippen LogP contribution in [0.5, 0.6) is 0 Å². The first-order chi connectivity index (χ1) is 14.3. The van der Waals surface area contributed by atoms with E-state index in [1.807, 2.05) is 36.4 Å². The van der Waals surface area contributed by atoms with Crippen LogP contribution in [0.2, 0.25) is 0 Å². The van der Waals surface area contributed by atoms with Crippen LogP contribution in [0.15, 0.2) is 83.8 Å². The van der Waals surface area contributed by atoms with E-state index in [1.54, 1.807) is 30.3 Å². The minimum atomic E-state index is -3.75. The van der Waals surface area contributed by atoms with Crippen molar-refractivity contribution in [1.29, 1.82) is 0 Å². The summed E-state index contributed by atoms with van der Waals surface area (Å²) in [7, 11) is -3.75. The van der Waals surface area contributed by atoms with E-state index >= 15 is 0 Å². The molecule has 0 aromatic heterocycles. The van der Waals surface area contributed by atoms with Crippen molar-refractivity contribution in [3.8, 4) is 0 Å². The Morgan fingerprint density at radius 3 is 2.17 bits per heavy atom. The predicted molar refractivity (Wildman–Crippen MR) is 113 cm³/mol. The Hall–Kier alpha value is -3.00. The molecule has 1 aliphatic rings. The second-order valence-electron chi connectivity index (χ2n) is 7.42. The van der Waals surface area contributed by atoms with Gasteiger partial charge in [0.25, 0.3) is 5.91 Å². The molecule has 0 saturated heterocycles. The van der Waals surface area contributed by atoms with Crippen molar-refractivity contribution in [2.75, 3.05) is 6.54 Å².